The summed E-state index contributed by atoms with van der Waals surface area (Å²) >= 11 is 0. The van der Waals surface area contributed by atoms with Crippen molar-refractivity contribution in [2.45, 2.75) is 58.3 Å². The van der Waals surface area contributed by atoms with Gasteiger partial charge in [-0.3, -0.25) is 9.59 Å². The molecule has 2 fully saturated rings. The number of carbonyl (C=O) groups excluding carboxylic acids is 2. The van der Waals surface area contributed by atoms with Crippen molar-refractivity contribution in [1.82, 2.24) is 0 Å². The Morgan fingerprint density at radius 1 is 1.12 bits per heavy atom. The van der Waals surface area contributed by atoms with Gasteiger partial charge >= 0.3 is 11.9 Å². The topological polar surface area (TPSA) is 91.3 Å². The number of hydrogen-bond donors (Lipinski definition) is 1. The van der Waals surface area contributed by atoms with Crippen LogP contribution >= 0.6 is 0 Å². The van der Waals surface area contributed by atoms with E-state index in [9.17, 15) is 14.7 Å². The van der Waals surface area contributed by atoms with E-state index in [0.29, 0.717) is 26.1 Å². The minimum Gasteiger partial charge on any atom is -0.466 e. The minimum atomic E-state index is -0.337. The molecule has 0 bridgehead atoms. The van der Waals surface area contributed by atoms with Crippen LogP contribution in [0.4, 0.5) is 0 Å². The Balaban J connectivity index is 2.02. The van der Waals surface area contributed by atoms with Gasteiger partial charge in [-0.15, -0.1) is 0 Å². The first-order chi connectivity index (χ1) is 12.0. The molecule has 25 heavy (non-hydrogen) atoms. The van der Waals surface area contributed by atoms with Crippen molar-refractivity contribution in [2.24, 2.45) is 17.8 Å². The second kappa shape index (κ2) is 10.1. The van der Waals surface area contributed by atoms with E-state index in [-0.39, 0.29) is 55.3 Å². The molecule has 0 spiro atoms. The van der Waals surface area contributed by atoms with E-state index in [1.807, 2.05) is 0 Å². The van der Waals surface area contributed by atoms with E-state index in [2.05, 4.69) is 0 Å². The van der Waals surface area contributed by atoms with Gasteiger partial charge in [-0.2, -0.15) is 0 Å². The molecule has 0 aromatic heterocycles. The normalized spacial score (nSPS) is 32.4. The van der Waals surface area contributed by atoms with Crippen molar-refractivity contribution >= 4 is 11.9 Å². The van der Waals surface area contributed by atoms with Gasteiger partial charge in [-0.1, -0.05) is 0 Å². The highest BCUT2D eigenvalue weighted by Crippen LogP contribution is 2.42. The van der Waals surface area contributed by atoms with Crippen LogP contribution in [-0.4, -0.2) is 55.9 Å². The lowest BCUT2D eigenvalue weighted by Crippen LogP contribution is -2.32. The molecule has 1 aliphatic carbocycles. The first kappa shape index (κ1) is 20.1. The Morgan fingerprint density at radius 3 is 2.52 bits per heavy atom. The summed E-state index contributed by atoms with van der Waals surface area (Å²) < 4.78 is 22.2. The summed E-state index contributed by atoms with van der Waals surface area (Å²) in [6.07, 6.45) is 3.66. The van der Waals surface area contributed by atoms with Gasteiger partial charge < -0.3 is 24.1 Å². The summed E-state index contributed by atoms with van der Waals surface area (Å²) in [5, 5.41) is 9.43. The summed E-state index contributed by atoms with van der Waals surface area (Å²) in [7, 11) is 0. The third kappa shape index (κ3) is 6.24. The van der Waals surface area contributed by atoms with Gasteiger partial charge in [0, 0.05) is 38.9 Å². The molecule has 2 aliphatic rings. The number of aliphatic hydroxyl groups excluding tert-OH is 1. The van der Waals surface area contributed by atoms with Gasteiger partial charge in [0.05, 0.1) is 13.2 Å². The van der Waals surface area contributed by atoms with Crippen molar-refractivity contribution < 1.29 is 33.6 Å². The molecule has 1 saturated heterocycles. The van der Waals surface area contributed by atoms with E-state index in [1.165, 1.54) is 13.8 Å². The monoisotopic (exact) mass is 358 g/mol. The fourth-order valence-corrected chi connectivity index (χ4v) is 3.91. The smallest absolute Gasteiger partial charge is 0.302 e. The molecular formula is C18H30O7. The first-order valence-corrected chi connectivity index (χ1v) is 9.16. The fourth-order valence-electron chi connectivity index (χ4n) is 3.91. The van der Waals surface area contributed by atoms with Crippen molar-refractivity contribution in [3.63, 3.8) is 0 Å². The van der Waals surface area contributed by atoms with Crippen molar-refractivity contribution in [2.75, 3.05) is 26.4 Å². The molecule has 0 amide bonds. The van der Waals surface area contributed by atoms with E-state index in [0.717, 1.165) is 19.3 Å². The van der Waals surface area contributed by atoms with E-state index >= 15 is 0 Å². The van der Waals surface area contributed by atoms with Crippen LogP contribution < -0.4 is 0 Å². The summed E-state index contributed by atoms with van der Waals surface area (Å²) in [5.74, 6) is -0.603. The Hall–Kier alpha value is -1.18. The van der Waals surface area contributed by atoms with Crippen molar-refractivity contribution in [1.29, 1.82) is 0 Å². The SMILES string of the molecule is CC(=O)OCC1CC(OC(C)=O)C(CCO)C1COC1CCCCO1. The zero-order chi connectivity index (χ0) is 18.2. The molecule has 5 unspecified atom stereocenters. The lowest BCUT2D eigenvalue weighted by Gasteiger charge is -2.29. The van der Waals surface area contributed by atoms with Crippen LogP contribution in [0.1, 0.15) is 46.0 Å². The molecule has 0 radical (unpaired) electrons. The molecular weight excluding hydrogens is 328 g/mol. The zero-order valence-electron chi connectivity index (χ0n) is 15.1. The fraction of sp³-hybridized carbons (Fsp3) is 0.889. The standard InChI is InChI=1S/C18H30O7/c1-12(20)23-10-14-9-17(25-13(2)21)15(6-7-19)16(14)11-24-18-5-3-4-8-22-18/h14-19H,3-11H2,1-2H3. The number of ether oxygens (including phenoxy) is 4. The van der Waals surface area contributed by atoms with Crippen LogP contribution in [0.15, 0.2) is 0 Å². The maximum absolute atomic E-state index is 11.4. The minimum absolute atomic E-state index is 0.0130. The number of hydrogen-bond acceptors (Lipinski definition) is 7. The molecule has 1 saturated carbocycles. The maximum Gasteiger partial charge on any atom is 0.302 e. The molecule has 7 heteroatoms. The van der Waals surface area contributed by atoms with Crippen LogP contribution in [0.3, 0.4) is 0 Å². The summed E-state index contributed by atoms with van der Waals surface area (Å²) in [4.78, 5) is 22.6. The average Bonchev–Trinajstić information content (AvgIpc) is 2.88. The van der Waals surface area contributed by atoms with Gasteiger partial charge in [0.15, 0.2) is 6.29 Å². The Bertz CT molecular complexity index is 433. The van der Waals surface area contributed by atoms with E-state index in [1.54, 1.807) is 0 Å². The predicted molar refractivity (Wildman–Crippen MR) is 88.5 cm³/mol. The second-order valence-electron chi connectivity index (χ2n) is 6.92. The van der Waals surface area contributed by atoms with Crippen LogP contribution in [-0.2, 0) is 28.5 Å². The lowest BCUT2D eigenvalue weighted by atomic mass is 9.88. The van der Waals surface area contributed by atoms with Crippen LogP contribution in [0.2, 0.25) is 0 Å². The van der Waals surface area contributed by atoms with Crippen molar-refractivity contribution in [3.05, 3.63) is 0 Å². The van der Waals surface area contributed by atoms with Crippen LogP contribution in [0, 0.1) is 17.8 Å². The van der Waals surface area contributed by atoms with E-state index in [4.69, 9.17) is 18.9 Å². The lowest BCUT2D eigenvalue weighted by molar-refractivity contribution is -0.176. The third-order valence-corrected chi connectivity index (χ3v) is 5.06. The van der Waals surface area contributed by atoms with E-state index < -0.39 is 0 Å². The molecule has 1 aliphatic heterocycles. The predicted octanol–water partition coefficient (Wildman–Crippen LogP) is 1.66. The molecule has 1 heterocycles. The molecule has 7 nitrogen and oxygen atoms in total. The highest BCUT2D eigenvalue weighted by molar-refractivity contribution is 5.66. The first-order valence-electron chi connectivity index (χ1n) is 9.16. The van der Waals surface area contributed by atoms with Crippen LogP contribution in [0.25, 0.3) is 0 Å². The maximum atomic E-state index is 11.4. The molecule has 0 aromatic carbocycles. The Morgan fingerprint density at radius 2 is 1.92 bits per heavy atom. The van der Waals surface area contributed by atoms with Gasteiger partial charge in [0.2, 0.25) is 0 Å². The number of carbonyl (C=O) groups is 2. The van der Waals surface area contributed by atoms with Gasteiger partial charge in [-0.25, -0.2) is 0 Å². The van der Waals surface area contributed by atoms with Gasteiger partial charge in [-0.05, 0) is 38.0 Å². The second-order valence-corrected chi connectivity index (χ2v) is 6.92. The zero-order valence-corrected chi connectivity index (χ0v) is 15.1. The molecule has 1 N–H and O–H groups in total. The van der Waals surface area contributed by atoms with Crippen LogP contribution in [0.5, 0.6) is 0 Å². The van der Waals surface area contributed by atoms with Crippen molar-refractivity contribution in [3.8, 4) is 0 Å². The third-order valence-electron chi connectivity index (χ3n) is 5.06. The van der Waals surface area contributed by atoms with Gasteiger partial charge in [0.1, 0.15) is 6.10 Å². The van der Waals surface area contributed by atoms with Gasteiger partial charge in [0.25, 0.3) is 0 Å². The highest BCUT2D eigenvalue weighted by atomic mass is 16.7. The molecule has 0 aromatic rings. The Labute approximate surface area is 149 Å². The number of aliphatic hydroxyl groups is 1. The summed E-state index contributed by atoms with van der Waals surface area (Å²) in [5.41, 5.74) is 0. The molecule has 144 valence electrons. The molecule has 2 rings (SSSR count). The Kier molecular flexibility index (Phi) is 8.12. The molecule has 5 atom stereocenters. The number of rotatable bonds is 8. The number of esters is 2. The average molecular weight is 358 g/mol. The largest absolute Gasteiger partial charge is 0.466 e. The quantitative estimate of drug-likeness (QED) is 0.660. The highest BCUT2D eigenvalue weighted by Gasteiger charge is 2.45. The summed E-state index contributed by atoms with van der Waals surface area (Å²) in [6, 6.07) is 0. The summed E-state index contributed by atoms with van der Waals surface area (Å²) in [6.45, 7) is 4.21.